The molecule has 0 heterocycles. The zero-order valence-corrected chi connectivity index (χ0v) is 11.1. The smallest absolute Gasteiger partial charge is 0.353 e. The summed E-state index contributed by atoms with van der Waals surface area (Å²) in [5, 5.41) is 12.0. The van der Waals surface area contributed by atoms with Crippen LogP contribution in [0, 0.1) is 0 Å². The molecule has 0 aliphatic rings. The van der Waals surface area contributed by atoms with E-state index in [1.807, 2.05) is 0 Å². The third-order valence-corrected chi connectivity index (χ3v) is 2.22. The fraction of sp³-hybridized carbons (Fsp3) is 0.385. The first kappa shape index (κ1) is 14.8. The second-order valence-electron chi connectivity index (χ2n) is 3.88. The van der Waals surface area contributed by atoms with Crippen molar-refractivity contribution in [1.29, 1.82) is 0 Å². The summed E-state index contributed by atoms with van der Waals surface area (Å²) in [4.78, 5) is 15.4. The van der Waals surface area contributed by atoms with Gasteiger partial charge in [0.1, 0.15) is 17.6 Å². The van der Waals surface area contributed by atoms with E-state index in [9.17, 15) is 4.79 Å². The Labute approximate surface area is 111 Å². The number of carboxylic acids is 1. The summed E-state index contributed by atoms with van der Waals surface area (Å²) in [6.45, 7) is 3.32. The zero-order chi connectivity index (χ0) is 14.3. The zero-order valence-electron chi connectivity index (χ0n) is 11.1. The molecule has 1 rings (SSSR count). The lowest BCUT2D eigenvalue weighted by Gasteiger charge is -2.13. The Morgan fingerprint density at radius 2 is 1.89 bits per heavy atom. The van der Waals surface area contributed by atoms with Crippen molar-refractivity contribution in [2.24, 2.45) is 5.16 Å². The lowest BCUT2D eigenvalue weighted by molar-refractivity contribution is -0.129. The average Bonchev–Trinajstić information content (AvgIpc) is 2.39. The number of methoxy groups -OCH3 is 1. The van der Waals surface area contributed by atoms with Gasteiger partial charge in [0.25, 0.3) is 0 Å². The van der Waals surface area contributed by atoms with E-state index in [0.29, 0.717) is 5.75 Å². The first-order valence-electron chi connectivity index (χ1n) is 5.73. The van der Waals surface area contributed by atoms with E-state index in [4.69, 9.17) is 19.4 Å². The molecule has 19 heavy (non-hydrogen) atoms. The maximum absolute atomic E-state index is 10.5. The molecule has 0 amide bonds. The summed E-state index contributed by atoms with van der Waals surface area (Å²) in [6.07, 6.45) is -0.251. The average molecular weight is 267 g/mol. The molecule has 1 aromatic rings. The van der Waals surface area contributed by atoms with Gasteiger partial charge in [0.15, 0.2) is 12.3 Å². The number of ether oxygens (including phenoxy) is 2. The Morgan fingerprint density at radius 1 is 1.32 bits per heavy atom. The fourth-order valence-electron chi connectivity index (χ4n) is 1.20. The van der Waals surface area contributed by atoms with Gasteiger partial charge >= 0.3 is 5.97 Å². The van der Waals surface area contributed by atoms with Crippen LogP contribution in [0.5, 0.6) is 11.5 Å². The standard InChI is InChI=1S/C13H17NO5/c1-9(8-18-14-10(2)13(15)16)19-12-6-4-11(17-3)5-7-12/h4-7,9H,8H2,1-3H3,(H,15,16)/b14-10+. The van der Waals surface area contributed by atoms with Crippen molar-refractivity contribution in [3.8, 4) is 11.5 Å². The summed E-state index contributed by atoms with van der Waals surface area (Å²) >= 11 is 0. The fourth-order valence-corrected chi connectivity index (χ4v) is 1.20. The molecule has 104 valence electrons. The van der Waals surface area contributed by atoms with Crippen molar-refractivity contribution in [3.05, 3.63) is 24.3 Å². The second kappa shape index (κ2) is 7.25. The van der Waals surface area contributed by atoms with Gasteiger partial charge in [-0.2, -0.15) is 0 Å². The highest BCUT2D eigenvalue weighted by atomic mass is 16.6. The van der Waals surface area contributed by atoms with Gasteiger partial charge in [-0.15, -0.1) is 0 Å². The highest BCUT2D eigenvalue weighted by Crippen LogP contribution is 2.18. The molecule has 0 saturated heterocycles. The van der Waals surface area contributed by atoms with E-state index >= 15 is 0 Å². The second-order valence-corrected chi connectivity index (χ2v) is 3.88. The topological polar surface area (TPSA) is 77.3 Å². The first-order valence-corrected chi connectivity index (χ1v) is 5.73. The molecule has 6 nitrogen and oxygen atoms in total. The van der Waals surface area contributed by atoms with Crippen LogP contribution in [0.2, 0.25) is 0 Å². The lowest BCUT2D eigenvalue weighted by Crippen LogP contribution is -2.19. The number of rotatable bonds is 7. The first-order chi connectivity index (χ1) is 9.02. The van der Waals surface area contributed by atoms with E-state index in [1.165, 1.54) is 6.92 Å². The predicted octanol–water partition coefficient (Wildman–Crippen LogP) is 1.94. The molecule has 0 aromatic heterocycles. The predicted molar refractivity (Wildman–Crippen MR) is 69.8 cm³/mol. The van der Waals surface area contributed by atoms with Crippen LogP contribution in [-0.4, -0.2) is 36.6 Å². The molecule has 0 aliphatic heterocycles. The molecular weight excluding hydrogens is 250 g/mol. The molecule has 0 fully saturated rings. The molecule has 6 heteroatoms. The van der Waals surface area contributed by atoms with Gasteiger partial charge in [-0.25, -0.2) is 4.79 Å². The van der Waals surface area contributed by atoms with Crippen molar-refractivity contribution in [3.63, 3.8) is 0 Å². The van der Waals surface area contributed by atoms with Crippen molar-refractivity contribution in [2.45, 2.75) is 20.0 Å². The summed E-state index contributed by atoms with van der Waals surface area (Å²) in [7, 11) is 1.59. The van der Waals surface area contributed by atoms with Crippen molar-refractivity contribution in [1.82, 2.24) is 0 Å². The van der Waals surface area contributed by atoms with Gasteiger partial charge < -0.3 is 19.4 Å². The van der Waals surface area contributed by atoms with Gasteiger partial charge in [-0.1, -0.05) is 5.16 Å². The molecule has 0 spiro atoms. The highest BCUT2D eigenvalue weighted by Gasteiger charge is 2.06. The maximum atomic E-state index is 10.5. The summed E-state index contributed by atoms with van der Waals surface area (Å²) in [6, 6.07) is 7.13. The van der Waals surface area contributed by atoms with Crippen LogP contribution in [0.15, 0.2) is 29.4 Å². The number of hydrogen-bond acceptors (Lipinski definition) is 5. The van der Waals surface area contributed by atoms with Crippen LogP contribution in [-0.2, 0) is 9.63 Å². The van der Waals surface area contributed by atoms with Gasteiger partial charge in [0, 0.05) is 0 Å². The van der Waals surface area contributed by atoms with Gasteiger partial charge in [-0.3, -0.25) is 0 Å². The molecule has 0 bridgehead atoms. The number of benzene rings is 1. The third kappa shape index (κ3) is 5.29. The molecule has 1 aromatic carbocycles. The minimum atomic E-state index is -1.11. The molecule has 1 N–H and O–H groups in total. The van der Waals surface area contributed by atoms with Gasteiger partial charge in [0.2, 0.25) is 0 Å². The molecule has 0 radical (unpaired) electrons. The molecule has 1 unspecified atom stereocenters. The van der Waals surface area contributed by atoms with Crippen molar-refractivity contribution in [2.75, 3.05) is 13.7 Å². The van der Waals surface area contributed by atoms with E-state index in [-0.39, 0.29) is 18.4 Å². The van der Waals surface area contributed by atoms with Crippen LogP contribution in [0.3, 0.4) is 0 Å². The van der Waals surface area contributed by atoms with E-state index < -0.39 is 5.97 Å². The Bertz CT molecular complexity index is 441. The highest BCUT2D eigenvalue weighted by molar-refractivity contribution is 6.34. The molecular formula is C13H17NO5. The quantitative estimate of drug-likeness (QED) is 0.603. The van der Waals surface area contributed by atoms with Gasteiger partial charge in [-0.05, 0) is 38.1 Å². The van der Waals surface area contributed by atoms with E-state index in [2.05, 4.69) is 5.16 Å². The van der Waals surface area contributed by atoms with E-state index in [0.717, 1.165) is 5.75 Å². The lowest BCUT2D eigenvalue weighted by atomic mass is 10.3. The Morgan fingerprint density at radius 3 is 2.42 bits per heavy atom. The van der Waals surface area contributed by atoms with E-state index in [1.54, 1.807) is 38.3 Å². The molecule has 0 saturated carbocycles. The Hall–Kier alpha value is -2.24. The number of carboxylic acid groups (broad SMARTS) is 1. The van der Waals surface area contributed by atoms with Crippen LogP contribution in [0.1, 0.15) is 13.8 Å². The van der Waals surface area contributed by atoms with Crippen molar-refractivity contribution >= 4 is 11.7 Å². The van der Waals surface area contributed by atoms with Crippen LogP contribution < -0.4 is 9.47 Å². The number of carbonyl (C=O) groups is 1. The minimum Gasteiger partial charge on any atom is -0.497 e. The maximum Gasteiger partial charge on any atom is 0.353 e. The summed E-state index contributed by atoms with van der Waals surface area (Å²) < 4.78 is 10.6. The van der Waals surface area contributed by atoms with Crippen LogP contribution in [0.4, 0.5) is 0 Å². The summed E-state index contributed by atoms with van der Waals surface area (Å²) in [5.41, 5.74) is -0.100. The number of aliphatic carboxylic acids is 1. The Kier molecular flexibility index (Phi) is 5.66. The van der Waals surface area contributed by atoms with Gasteiger partial charge in [0.05, 0.1) is 7.11 Å². The number of hydrogen-bond donors (Lipinski definition) is 1. The van der Waals surface area contributed by atoms with Crippen LogP contribution >= 0.6 is 0 Å². The minimum absolute atomic E-state index is 0.100. The molecule has 0 aliphatic carbocycles. The van der Waals surface area contributed by atoms with Crippen LogP contribution in [0.25, 0.3) is 0 Å². The van der Waals surface area contributed by atoms with Crippen molar-refractivity contribution < 1.29 is 24.2 Å². The third-order valence-electron chi connectivity index (χ3n) is 2.22. The monoisotopic (exact) mass is 267 g/mol. The number of nitrogens with zero attached hydrogens (tertiary/aromatic N) is 1. The SMILES string of the molecule is COc1ccc(OC(C)CO/N=C(\C)C(=O)O)cc1. The number of oxime groups is 1. The normalized spacial score (nSPS) is 12.7. The summed E-state index contributed by atoms with van der Waals surface area (Å²) in [5.74, 6) is 0.317. The Balaban J connectivity index is 2.40. The molecule has 1 atom stereocenters. The largest absolute Gasteiger partial charge is 0.497 e.